The van der Waals surface area contributed by atoms with Crippen molar-refractivity contribution >= 4 is 5.91 Å². The topological polar surface area (TPSA) is 85.6 Å². The Labute approximate surface area is 116 Å². The summed E-state index contributed by atoms with van der Waals surface area (Å²) in [5.74, 6) is 1.79. The number of hydrogen-bond donors (Lipinski definition) is 1. The van der Waals surface area contributed by atoms with Crippen LogP contribution in [0, 0.1) is 6.92 Å². The number of aromatic nitrogens is 5. The molecule has 0 saturated carbocycles. The Morgan fingerprint density at radius 2 is 2.30 bits per heavy atom. The van der Waals surface area contributed by atoms with E-state index in [-0.39, 0.29) is 11.9 Å². The number of carbonyl (C=O) groups excluding carboxylic acids is 1. The monoisotopic (exact) mass is 272 g/mol. The lowest BCUT2D eigenvalue weighted by atomic mass is 10.1. The largest absolute Gasteiger partial charge is 0.348 e. The fourth-order valence-corrected chi connectivity index (χ4v) is 2.46. The van der Waals surface area contributed by atoms with Crippen molar-refractivity contribution in [3.63, 3.8) is 0 Å². The van der Waals surface area contributed by atoms with Crippen LogP contribution in [0.1, 0.15) is 35.0 Å². The molecule has 2 aromatic rings. The van der Waals surface area contributed by atoms with Gasteiger partial charge in [-0.05, 0) is 25.8 Å². The zero-order valence-electron chi connectivity index (χ0n) is 11.3. The van der Waals surface area contributed by atoms with Crippen LogP contribution in [0.3, 0.4) is 0 Å². The molecule has 1 aliphatic heterocycles. The second-order valence-corrected chi connectivity index (χ2v) is 4.91. The first-order chi connectivity index (χ1) is 9.74. The van der Waals surface area contributed by atoms with Gasteiger partial charge in [0.15, 0.2) is 0 Å². The molecule has 1 amide bonds. The van der Waals surface area contributed by atoms with Crippen molar-refractivity contribution in [3.05, 3.63) is 35.9 Å². The predicted molar refractivity (Wildman–Crippen MR) is 71.0 cm³/mol. The molecule has 3 heterocycles. The molecule has 0 bridgehead atoms. The summed E-state index contributed by atoms with van der Waals surface area (Å²) in [6.07, 6.45) is 5.53. The summed E-state index contributed by atoms with van der Waals surface area (Å²) in [6, 6.07) is 1.75. The van der Waals surface area contributed by atoms with Crippen LogP contribution >= 0.6 is 0 Å². The number of rotatable bonds is 2. The number of amides is 1. The molecule has 0 radical (unpaired) electrons. The summed E-state index contributed by atoms with van der Waals surface area (Å²) in [4.78, 5) is 19.8. The third-order valence-corrected chi connectivity index (χ3v) is 3.58. The van der Waals surface area contributed by atoms with Crippen LogP contribution in [0.5, 0.6) is 0 Å². The number of carbonyl (C=O) groups is 1. The van der Waals surface area contributed by atoms with E-state index < -0.39 is 0 Å². The van der Waals surface area contributed by atoms with Crippen molar-refractivity contribution in [3.8, 4) is 0 Å². The van der Waals surface area contributed by atoms with E-state index >= 15 is 0 Å². The standard InChI is InChI=1S/C13H16N6O/c1-9-17-18-12-3-2-10(5-7-19(9)12)16-13(20)11-4-6-14-8-15-11/h4,6,8,10H,2-3,5,7H2,1H3,(H,16,20). The van der Waals surface area contributed by atoms with Crippen LogP contribution in [-0.2, 0) is 13.0 Å². The van der Waals surface area contributed by atoms with E-state index in [1.807, 2.05) is 6.92 Å². The van der Waals surface area contributed by atoms with Gasteiger partial charge < -0.3 is 9.88 Å². The van der Waals surface area contributed by atoms with E-state index in [1.54, 1.807) is 12.3 Å². The lowest BCUT2D eigenvalue weighted by Gasteiger charge is -2.15. The molecule has 1 atom stereocenters. The first kappa shape index (κ1) is 12.7. The lowest BCUT2D eigenvalue weighted by Crippen LogP contribution is -2.35. The first-order valence-corrected chi connectivity index (χ1v) is 6.69. The molecule has 1 unspecified atom stereocenters. The highest BCUT2D eigenvalue weighted by molar-refractivity contribution is 5.92. The van der Waals surface area contributed by atoms with E-state index in [1.165, 1.54) is 6.33 Å². The van der Waals surface area contributed by atoms with Gasteiger partial charge in [0.2, 0.25) is 0 Å². The van der Waals surface area contributed by atoms with E-state index in [4.69, 9.17) is 0 Å². The SMILES string of the molecule is Cc1nnc2n1CCC(NC(=O)c1ccncn1)CC2. The average molecular weight is 272 g/mol. The number of hydrogen-bond acceptors (Lipinski definition) is 5. The van der Waals surface area contributed by atoms with Crippen molar-refractivity contribution in [1.82, 2.24) is 30.0 Å². The molecular formula is C13H16N6O. The van der Waals surface area contributed by atoms with E-state index in [0.717, 1.165) is 37.5 Å². The molecule has 3 rings (SSSR count). The van der Waals surface area contributed by atoms with Crippen molar-refractivity contribution in [2.45, 2.75) is 38.8 Å². The number of fused-ring (bicyclic) bond motifs is 1. The van der Waals surface area contributed by atoms with Gasteiger partial charge in [-0.15, -0.1) is 10.2 Å². The summed E-state index contributed by atoms with van der Waals surface area (Å²) in [6.45, 7) is 2.79. The zero-order chi connectivity index (χ0) is 13.9. The minimum atomic E-state index is -0.146. The predicted octanol–water partition coefficient (Wildman–Crippen LogP) is 0.511. The fourth-order valence-electron chi connectivity index (χ4n) is 2.46. The molecule has 1 N–H and O–H groups in total. The zero-order valence-corrected chi connectivity index (χ0v) is 11.3. The van der Waals surface area contributed by atoms with Crippen LogP contribution in [-0.4, -0.2) is 36.7 Å². The van der Waals surface area contributed by atoms with Crippen LogP contribution in [0.25, 0.3) is 0 Å². The Bertz CT molecular complexity index is 609. The van der Waals surface area contributed by atoms with Crippen molar-refractivity contribution < 1.29 is 4.79 Å². The Hall–Kier alpha value is -2.31. The number of aryl methyl sites for hydroxylation is 2. The van der Waals surface area contributed by atoms with Gasteiger partial charge in [0.1, 0.15) is 23.7 Å². The Morgan fingerprint density at radius 3 is 3.10 bits per heavy atom. The number of nitrogens with one attached hydrogen (secondary N) is 1. The smallest absolute Gasteiger partial charge is 0.270 e. The summed E-state index contributed by atoms with van der Waals surface area (Å²) in [5, 5.41) is 11.3. The van der Waals surface area contributed by atoms with Gasteiger partial charge in [-0.2, -0.15) is 0 Å². The van der Waals surface area contributed by atoms with Gasteiger partial charge in [0, 0.05) is 25.2 Å². The average Bonchev–Trinajstić information content (AvgIpc) is 2.70. The van der Waals surface area contributed by atoms with Gasteiger partial charge in [0.05, 0.1) is 0 Å². The third kappa shape index (κ3) is 2.52. The van der Waals surface area contributed by atoms with Gasteiger partial charge in [-0.3, -0.25) is 4.79 Å². The van der Waals surface area contributed by atoms with Crippen LogP contribution < -0.4 is 5.32 Å². The van der Waals surface area contributed by atoms with Gasteiger partial charge in [-0.1, -0.05) is 0 Å². The molecule has 7 nitrogen and oxygen atoms in total. The second kappa shape index (κ2) is 5.36. The van der Waals surface area contributed by atoms with Crippen molar-refractivity contribution in [1.29, 1.82) is 0 Å². The molecular weight excluding hydrogens is 256 g/mol. The molecule has 0 spiro atoms. The summed E-state index contributed by atoms with van der Waals surface area (Å²) >= 11 is 0. The molecule has 0 fully saturated rings. The highest BCUT2D eigenvalue weighted by atomic mass is 16.1. The van der Waals surface area contributed by atoms with Crippen LogP contribution in [0.15, 0.2) is 18.6 Å². The van der Waals surface area contributed by atoms with E-state index in [0.29, 0.717) is 5.69 Å². The molecule has 2 aromatic heterocycles. The molecule has 0 aromatic carbocycles. The van der Waals surface area contributed by atoms with Gasteiger partial charge in [-0.25, -0.2) is 9.97 Å². The molecule has 104 valence electrons. The minimum Gasteiger partial charge on any atom is -0.348 e. The Balaban J connectivity index is 1.64. The van der Waals surface area contributed by atoms with E-state index in [2.05, 4.69) is 30.0 Å². The minimum absolute atomic E-state index is 0.138. The quantitative estimate of drug-likeness (QED) is 0.861. The Kier molecular flexibility index (Phi) is 3.41. The highest BCUT2D eigenvalue weighted by Crippen LogP contribution is 2.15. The second-order valence-electron chi connectivity index (χ2n) is 4.91. The summed E-state index contributed by atoms with van der Waals surface area (Å²) < 4.78 is 2.12. The molecule has 1 aliphatic rings. The molecule has 0 aliphatic carbocycles. The molecule has 7 heteroatoms. The van der Waals surface area contributed by atoms with Crippen molar-refractivity contribution in [2.75, 3.05) is 0 Å². The maximum atomic E-state index is 12.1. The normalized spacial score (nSPS) is 18.1. The number of nitrogens with zero attached hydrogens (tertiary/aromatic N) is 5. The maximum absolute atomic E-state index is 12.1. The van der Waals surface area contributed by atoms with Gasteiger partial charge >= 0.3 is 0 Å². The van der Waals surface area contributed by atoms with Gasteiger partial charge in [0.25, 0.3) is 5.91 Å². The fraction of sp³-hybridized carbons (Fsp3) is 0.462. The van der Waals surface area contributed by atoms with Crippen LogP contribution in [0.2, 0.25) is 0 Å². The Morgan fingerprint density at radius 1 is 1.40 bits per heavy atom. The van der Waals surface area contributed by atoms with Crippen molar-refractivity contribution in [2.24, 2.45) is 0 Å². The lowest BCUT2D eigenvalue weighted by molar-refractivity contribution is 0.0927. The third-order valence-electron chi connectivity index (χ3n) is 3.58. The molecule has 0 saturated heterocycles. The maximum Gasteiger partial charge on any atom is 0.270 e. The van der Waals surface area contributed by atoms with E-state index in [9.17, 15) is 4.79 Å². The highest BCUT2D eigenvalue weighted by Gasteiger charge is 2.20. The van der Waals surface area contributed by atoms with Crippen LogP contribution in [0.4, 0.5) is 0 Å². The summed E-state index contributed by atoms with van der Waals surface area (Å²) in [7, 11) is 0. The molecule has 20 heavy (non-hydrogen) atoms. The summed E-state index contributed by atoms with van der Waals surface area (Å²) in [5.41, 5.74) is 0.403. The first-order valence-electron chi connectivity index (χ1n) is 6.69.